The van der Waals surface area contributed by atoms with Crippen molar-refractivity contribution >= 4 is 16.1 Å². The van der Waals surface area contributed by atoms with Crippen LogP contribution < -0.4 is 9.32 Å². The lowest BCUT2D eigenvalue weighted by molar-refractivity contribution is -0.129. The molecule has 2 saturated carbocycles. The van der Waals surface area contributed by atoms with Crippen molar-refractivity contribution in [2.45, 2.75) is 71.1 Å². The van der Waals surface area contributed by atoms with Crippen LogP contribution in [0.1, 0.15) is 75.0 Å². The summed E-state index contributed by atoms with van der Waals surface area (Å²) in [4.78, 5) is 12.5. The number of benzene rings is 1. The van der Waals surface area contributed by atoms with E-state index < -0.39 is 10.3 Å². The van der Waals surface area contributed by atoms with Crippen LogP contribution in [0.2, 0.25) is 0 Å². The van der Waals surface area contributed by atoms with Gasteiger partial charge in [-0.1, -0.05) is 26.3 Å². The average molecular weight is 392 g/mol. The molecule has 3 aliphatic rings. The number of carbonyl (C=O) groups excluding carboxylic acids is 1. The molecule has 5 nitrogen and oxygen atoms in total. The molecule has 0 amide bonds. The topological polar surface area (TPSA) is 86.5 Å². The molecule has 0 aliphatic heterocycles. The van der Waals surface area contributed by atoms with Crippen molar-refractivity contribution in [3.63, 3.8) is 0 Å². The van der Waals surface area contributed by atoms with Crippen molar-refractivity contribution in [1.82, 2.24) is 0 Å². The van der Waals surface area contributed by atoms with Crippen molar-refractivity contribution < 1.29 is 17.4 Å². The second-order valence-corrected chi connectivity index (χ2v) is 9.97. The Hall–Kier alpha value is -1.40. The minimum atomic E-state index is -4.03. The summed E-state index contributed by atoms with van der Waals surface area (Å²) >= 11 is 0. The molecule has 0 heterocycles. The van der Waals surface area contributed by atoms with E-state index in [1.165, 1.54) is 11.1 Å². The molecule has 27 heavy (non-hydrogen) atoms. The van der Waals surface area contributed by atoms with E-state index in [1.54, 1.807) is 0 Å². The molecular formula is C21H29NO4S. The smallest absolute Gasteiger partial charge is 0.371 e. The standard InChI is InChI=1S/C21H29NO4S/c1-3-4-14-11-17-13(12-19(14)26-27(22,24)25)5-6-16-15(17)9-10-21(2)18(16)7-8-20(21)23/h11-12,15-16,18H,3-10H2,1-2H3,(H2,22,24,25)/t15-,16+,18-,21-/m0/s1. The normalized spacial score (nSPS) is 32.6. The first-order chi connectivity index (χ1) is 12.7. The maximum atomic E-state index is 12.5. The molecule has 0 aromatic heterocycles. The second-order valence-electron chi connectivity index (χ2n) is 8.82. The first-order valence-corrected chi connectivity index (χ1v) is 11.6. The number of ketones is 1. The number of fused-ring (bicyclic) bond motifs is 5. The van der Waals surface area contributed by atoms with E-state index in [9.17, 15) is 13.2 Å². The molecule has 0 bridgehead atoms. The number of carbonyl (C=O) groups is 1. The van der Waals surface area contributed by atoms with Crippen LogP contribution in [0.25, 0.3) is 0 Å². The number of nitrogens with two attached hydrogens (primary N) is 1. The molecule has 2 fully saturated rings. The lowest BCUT2D eigenvalue weighted by Gasteiger charge is -2.48. The van der Waals surface area contributed by atoms with Crippen LogP contribution >= 0.6 is 0 Å². The van der Waals surface area contributed by atoms with Crippen molar-refractivity contribution in [1.29, 1.82) is 0 Å². The van der Waals surface area contributed by atoms with E-state index in [2.05, 4.69) is 19.9 Å². The highest BCUT2D eigenvalue weighted by atomic mass is 32.2. The van der Waals surface area contributed by atoms with Crippen molar-refractivity contribution in [2.24, 2.45) is 22.4 Å². The van der Waals surface area contributed by atoms with Gasteiger partial charge in [0.15, 0.2) is 0 Å². The van der Waals surface area contributed by atoms with Crippen LogP contribution in [-0.4, -0.2) is 14.2 Å². The summed E-state index contributed by atoms with van der Waals surface area (Å²) in [5.74, 6) is 2.36. The van der Waals surface area contributed by atoms with Crippen LogP contribution in [0.3, 0.4) is 0 Å². The number of hydrogen-bond donors (Lipinski definition) is 1. The largest absolute Gasteiger partial charge is 0.380 e. The molecule has 3 aliphatic carbocycles. The van der Waals surface area contributed by atoms with Crippen LogP contribution in [-0.2, 0) is 27.9 Å². The van der Waals surface area contributed by atoms with Gasteiger partial charge in [-0.3, -0.25) is 4.79 Å². The van der Waals surface area contributed by atoms with Gasteiger partial charge in [-0.25, -0.2) is 0 Å². The molecule has 6 heteroatoms. The average Bonchev–Trinajstić information content (AvgIpc) is 2.89. The Kier molecular flexibility index (Phi) is 4.62. The van der Waals surface area contributed by atoms with Crippen LogP contribution in [0.5, 0.6) is 5.75 Å². The van der Waals surface area contributed by atoms with E-state index >= 15 is 0 Å². The molecule has 0 unspecified atom stereocenters. The monoisotopic (exact) mass is 391 g/mol. The zero-order chi connectivity index (χ0) is 19.4. The zero-order valence-corrected chi connectivity index (χ0v) is 17.0. The van der Waals surface area contributed by atoms with Crippen LogP contribution in [0.15, 0.2) is 12.1 Å². The summed E-state index contributed by atoms with van der Waals surface area (Å²) in [5.41, 5.74) is 3.32. The second kappa shape index (κ2) is 6.59. The Morgan fingerprint density at radius 3 is 2.70 bits per heavy atom. The van der Waals surface area contributed by atoms with Gasteiger partial charge in [0, 0.05) is 11.8 Å². The van der Waals surface area contributed by atoms with E-state index in [0.717, 1.165) is 56.9 Å². The van der Waals surface area contributed by atoms with Gasteiger partial charge in [0.25, 0.3) is 0 Å². The lowest BCUT2D eigenvalue weighted by Crippen LogP contribution is -2.42. The van der Waals surface area contributed by atoms with Gasteiger partial charge in [0.2, 0.25) is 0 Å². The van der Waals surface area contributed by atoms with Gasteiger partial charge in [-0.05, 0) is 79.0 Å². The highest BCUT2D eigenvalue weighted by Crippen LogP contribution is 2.59. The van der Waals surface area contributed by atoms with Crippen molar-refractivity contribution in [3.05, 3.63) is 28.8 Å². The third-order valence-electron chi connectivity index (χ3n) is 7.34. The summed E-state index contributed by atoms with van der Waals surface area (Å²) in [5, 5.41) is 5.12. The molecular weight excluding hydrogens is 362 g/mol. The predicted molar refractivity (Wildman–Crippen MR) is 104 cm³/mol. The van der Waals surface area contributed by atoms with E-state index in [4.69, 9.17) is 9.32 Å². The minimum Gasteiger partial charge on any atom is -0.371 e. The maximum Gasteiger partial charge on any atom is 0.380 e. The summed E-state index contributed by atoms with van der Waals surface area (Å²) in [6.45, 7) is 4.25. The van der Waals surface area contributed by atoms with Crippen LogP contribution in [0.4, 0.5) is 0 Å². The third kappa shape index (κ3) is 3.21. The molecule has 0 saturated heterocycles. The van der Waals surface area contributed by atoms with E-state index in [-0.39, 0.29) is 5.41 Å². The van der Waals surface area contributed by atoms with Crippen molar-refractivity contribution in [2.75, 3.05) is 0 Å². The Labute approximate surface area is 161 Å². The zero-order valence-electron chi connectivity index (χ0n) is 16.2. The molecule has 0 radical (unpaired) electrons. The van der Waals surface area contributed by atoms with Gasteiger partial charge in [0.1, 0.15) is 11.5 Å². The number of aryl methyl sites for hydroxylation is 2. The fourth-order valence-corrected chi connectivity index (χ4v) is 6.49. The van der Waals surface area contributed by atoms with Gasteiger partial charge >= 0.3 is 10.3 Å². The minimum absolute atomic E-state index is 0.123. The summed E-state index contributed by atoms with van der Waals surface area (Å²) in [6, 6.07) is 4.06. The Morgan fingerprint density at radius 1 is 1.22 bits per heavy atom. The Bertz CT molecular complexity index is 878. The number of hydrogen-bond acceptors (Lipinski definition) is 4. The summed E-state index contributed by atoms with van der Waals surface area (Å²) in [7, 11) is -4.03. The lowest BCUT2D eigenvalue weighted by atomic mass is 9.55. The fraction of sp³-hybridized carbons (Fsp3) is 0.667. The summed E-state index contributed by atoms with van der Waals surface area (Å²) < 4.78 is 28.0. The van der Waals surface area contributed by atoms with Gasteiger partial charge in [-0.15, -0.1) is 0 Å². The quantitative estimate of drug-likeness (QED) is 0.849. The predicted octanol–water partition coefficient (Wildman–Crippen LogP) is 3.65. The molecule has 4 atom stereocenters. The van der Waals surface area contributed by atoms with E-state index in [1.807, 2.05) is 6.07 Å². The first kappa shape index (κ1) is 18.9. The van der Waals surface area contributed by atoms with E-state index in [0.29, 0.717) is 29.3 Å². The molecule has 0 spiro atoms. The third-order valence-corrected chi connectivity index (χ3v) is 7.75. The Balaban J connectivity index is 1.72. The fourth-order valence-electron chi connectivity index (χ4n) is 6.08. The van der Waals surface area contributed by atoms with Gasteiger partial charge in [-0.2, -0.15) is 13.6 Å². The highest BCUT2D eigenvalue weighted by molar-refractivity contribution is 7.84. The molecule has 1 aromatic carbocycles. The molecule has 1 aromatic rings. The van der Waals surface area contributed by atoms with Crippen molar-refractivity contribution in [3.8, 4) is 5.75 Å². The summed E-state index contributed by atoms with van der Waals surface area (Å²) in [6.07, 6.45) is 7.41. The molecule has 4 rings (SSSR count). The molecule has 148 valence electrons. The molecule has 2 N–H and O–H groups in total. The van der Waals surface area contributed by atoms with Gasteiger partial charge < -0.3 is 4.18 Å². The number of Topliss-reactive ketones (excluding diaryl/α,β-unsaturated/α-hetero) is 1. The van der Waals surface area contributed by atoms with Gasteiger partial charge in [0.05, 0.1) is 0 Å². The first-order valence-electron chi connectivity index (χ1n) is 10.1. The number of rotatable bonds is 4. The highest BCUT2D eigenvalue weighted by Gasteiger charge is 2.54. The van der Waals surface area contributed by atoms with Crippen LogP contribution in [0, 0.1) is 17.3 Å². The Morgan fingerprint density at radius 2 is 2.00 bits per heavy atom. The SMILES string of the molecule is CCCc1cc2c(cc1OS(N)(=O)=O)CC[C@@H]1[C@@H]2CC[C@]2(C)C(=O)CC[C@@H]12. The maximum absolute atomic E-state index is 12.5.